The van der Waals surface area contributed by atoms with Crippen LogP contribution in [-0.2, 0) is 6.54 Å². The van der Waals surface area contributed by atoms with Crippen molar-refractivity contribution in [2.24, 2.45) is 0 Å². The van der Waals surface area contributed by atoms with Crippen molar-refractivity contribution in [3.05, 3.63) is 95.2 Å². The van der Waals surface area contributed by atoms with Crippen LogP contribution >= 0.6 is 11.6 Å². The van der Waals surface area contributed by atoms with E-state index in [0.717, 1.165) is 22.4 Å². The molecule has 31 heavy (non-hydrogen) atoms. The molecular weight excluding hydrogens is 412 g/mol. The first-order valence-corrected chi connectivity index (χ1v) is 10.1. The Morgan fingerprint density at radius 1 is 1.10 bits per heavy atom. The van der Waals surface area contributed by atoms with Gasteiger partial charge in [0.05, 0.1) is 19.1 Å². The molecule has 2 heterocycles. The fourth-order valence-electron chi connectivity index (χ4n) is 3.26. The van der Waals surface area contributed by atoms with Gasteiger partial charge in [-0.1, -0.05) is 41.9 Å². The lowest BCUT2D eigenvalue weighted by molar-refractivity contribution is 0.0945. The van der Waals surface area contributed by atoms with E-state index >= 15 is 0 Å². The van der Waals surface area contributed by atoms with E-state index in [2.05, 4.69) is 15.3 Å². The van der Waals surface area contributed by atoms with Crippen LogP contribution in [0.2, 0.25) is 5.02 Å². The first-order chi connectivity index (χ1) is 15.0. The van der Waals surface area contributed by atoms with Crippen molar-refractivity contribution in [3.8, 4) is 22.7 Å². The van der Waals surface area contributed by atoms with Crippen molar-refractivity contribution in [2.75, 3.05) is 7.11 Å². The molecule has 6 nitrogen and oxygen atoms in total. The number of imidazole rings is 1. The standard InChI is InChI=1S/C24H21ClN4O2/c1-16-14-29(15-27-16)22-10-9-21(28-24(22)31-2)23(30)26-13-17-5-3-6-18(11-17)19-7-4-8-20(25)12-19/h3-12,14-15H,13H2,1-2H3,(H,26,30). The number of nitrogens with zero attached hydrogens (tertiary/aromatic N) is 3. The van der Waals surface area contributed by atoms with Gasteiger partial charge in [0, 0.05) is 17.8 Å². The molecular formula is C24H21ClN4O2. The molecule has 0 fully saturated rings. The zero-order valence-corrected chi connectivity index (χ0v) is 17.9. The molecule has 0 aliphatic heterocycles. The van der Waals surface area contributed by atoms with E-state index in [1.807, 2.05) is 66.2 Å². The van der Waals surface area contributed by atoms with Gasteiger partial charge in [-0.2, -0.15) is 0 Å². The van der Waals surface area contributed by atoms with E-state index in [4.69, 9.17) is 16.3 Å². The van der Waals surface area contributed by atoms with Crippen molar-refractivity contribution >= 4 is 17.5 Å². The molecule has 7 heteroatoms. The molecule has 0 atom stereocenters. The van der Waals surface area contributed by atoms with Crippen molar-refractivity contribution in [1.82, 2.24) is 19.9 Å². The zero-order chi connectivity index (χ0) is 21.8. The molecule has 156 valence electrons. The molecule has 0 radical (unpaired) electrons. The van der Waals surface area contributed by atoms with Crippen LogP contribution in [0.5, 0.6) is 5.88 Å². The van der Waals surface area contributed by atoms with Gasteiger partial charge in [0.1, 0.15) is 11.4 Å². The van der Waals surface area contributed by atoms with Gasteiger partial charge in [-0.05, 0) is 53.9 Å². The van der Waals surface area contributed by atoms with Gasteiger partial charge in [-0.15, -0.1) is 0 Å². The summed E-state index contributed by atoms with van der Waals surface area (Å²) < 4.78 is 7.20. The molecule has 0 saturated carbocycles. The number of benzene rings is 2. The Kier molecular flexibility index (Phi) is 6.00. The Morgan fingerprint density at radius 2 is 1.87 bits per heavy atom. The number of rotatable bonds is 6. The van der Waals surface area contributed by atoms with Crippen molar-refractivity contribution in [2.45, 2.75) is 13.5 Å². The summed E-state index contributed by atoms with van der Waals surface area (Å²) in [5, 5.41) is 3.60. The van der Waals surface area contributed by atoms with Gasteiger partial charge in [-0.25, -0.2) is 9.97 Å². The normalized spacial score (nSPS) is 10.7. The molecule has 1 N–H and O–H groups in total. The number of hydrogen-bond acceptors (Lipinski definition) is 4. The second-order valence-electron chi connectivity index (χ2n) is 7.04. The monoisotopic (exact) mass is 432 g/mol. The van der Waals surface area contributed by atoms with Crippen LogP contribution in [-0.4, -0.2) is 27.6 Å². The van der Waals surface area contributed by atoms with Crippen LogP contribution in [0.4, 0.5) is 0 Å². The molecule has 0 aliphatic rings. The van der Waals surface area contributed by atoms with Crippen LogP contribution in [0.25, 0.3) is 16.8 Å². The minimum Gasteiger partial charge on any atom is -0.479 e. The van der Waals surface area contributed by atoms with Crippen LogP contribution in [0.1, 0.15) is 21.7 Å². The van der Waals surface area contributed by atoms with Crippen LogP contribution < -0.4 is 10.1 Å². The minimum atomic E-state index is -0.278. The van der Waals surface area contributed by atoms with E-state index in [9.17, 15) is 4.79 Å². The first kappa shape index (κ1) is 20.6. The molecule has 2 aromatic carbocycles. The molecule has 4 rings (SSSR count). The Hall–Kier alpha value is -3.64. The van der Waals surface area contributed by atoms with Crippen molar-refractivity contribution in [3.63, 3.8) is 0 Å². The molecule has 0 saturated heterocycles. The number of aryl methyl sites for hydroxylation is 1. The number of nitrogens with one attached hydrogen (secondary N) is 1. The molecule has 4 aromatic rings. The van der Waals surface area contributed by atoms with Gasteiger partial charge >= 0.3 is 0 Å². The highest BCUT2D eigenvalue weighted by Gasteiger charge is 2.14. The van der Waals surface area contributed by atoms with E-state index in [0.29, 0.717) is 23.1 Å². The summed E-state index contributed by atoms with van der Waals surface area (Å²) in [4.78, 5) is 21.3. The topological polar surface area (TPSA) is 69.0 Å². The number of amides is 1. The second-order valence-corrected chi connectivity index (χ2v) is 7.48. The lowest BCUT2D eigenvalue weighted by atomic mass is 10.0. The summed E-state index contributed by atoms with van der Waals surface area (Å²) in [5.41, 5.74) is 4.91. The number of pyridine rings is 1. The van der Waals surface area contributed by atoms with Crippen molar-refractivity contribution < 1.29 is 9.53 Å². The lowest BCUT2D eigenvalue weighted by Crippen LogP contribution is -2.24. The number of carbonyl (C=O) groups is 1. The SMILES string of the molecule is COc1nc(C(=O)NCc2cccc(-c3cccc(Cl)c3)c2)ccc1-n1cnc(C)c1. The highest BCUT2D eigenvalue weighted by Crippen LogP contribution is 2.24. The predicted octanol–water partition coefficient (Wildman–Crippen LogP) is 4.83. The number of ether oxygens (including phenoxy) is 1. The van der Waals surface area contributed by atoms with Gasteiger partial charge < -0.3 is 14.6 Å². The van der Waals surface area contributed by atoms with Gasteiger partial charge in [0.15, 0.2) is 0 Å². The average Bonchev–Trinajstić information content (AvgIpc) is 3.23. The third-order valence-electron chi connectivity index (χ3n) is 4.79. The molecule has 2 aromatic heterocycles. The summed E-state index contributed by atoms with van der Waals surface area (Å²) in [5.74, 6) is 0.0767. The van der Waals surface area contributed by atoms with E-state index in [1.165, 1.54) is 7.11 Å². The number of carbonyl (C=O) groups excluding carboxylic acids is 1. The Labute approximate surface area is 185 Å². The Balaban J connectivity index is 1.48. The zero-order valence-electron chi connectivity index (χ0n) is 17.2. The Morgan fingerprint density at radius 3 is 2.58 bits per heavy atom. The van der Waals surface area contributed by atoms with E-state index in [1.54, 1.807) is 18.5 Å². The lowest BCUT2D eigenvalue weighted by Gasteiger charge is -2.11. The number of hydrogen-bond donors (Lipinski definition) is 1. The largest absolute Gasteiger partial charge is 0.479 e. The van der Waals surface area contributed by atoms with E-state index < -0.39 is 0 Å². The van der Waals surface area contributed by atoms with E-state index in [-0.39, 0.29) is 11.6 Å². The predicted molar refractivity (Wildman–Crippen MR) is 121 cm³/mol. The average molecular weight is 433 g/mol. The summed E-state index contributed by atoms with van der Waals surface area (Å²) in [6.07, 6.45) is 3.55. The highest BCUT2D eigenvalue weighted by atomic mass is 35.5. The third kappa shape index (κ3) is 4.75. The van der Waals surface area contributed by atoms with Gasteiger partial charge in [0.25, 0.3) is 5.91 Å². The molecule has 1 amide bonds. The smallest absolute Gasteiger partial charge is 0.270 e. The molecule has 0 aliphatic carbocycles. The third-order valence-corrected chi connectivity index (χ3v) is 5.03. The quantitative estimate of drug-likeness (QED) is 0.473. The first-order valence-electron chi connectivity index (χ1n) is 9.72. The molecule has 0 unspecified atom stereocenters. The summed E-state index contributed by atoms with van der Waals surface area (Å²) in [7, 11) is 1.53. The maximum atomic E-state index is 12.7. The fourth-order valence-corrected chi connectivity index (χ4v) is 3.45. The molecule has 0 spiro atoms. The highest BCUT2D eigenvalue weighted by molar-refractivity contribution is 6.30. The van der Waals surface area contributed by atoms with Gasteiger partial charge in [0.2, 0.25) is 5.88 Å². The number of aromatic nitrogens is 3. The summed E-state index contributed by atoms with van der Waals surface area (Å²) in [6.45, 7) is 2.28. The number of methoxy groups -OCH3 is 1. The maximum absolute atomic E-state index is 12.7. The summed E-state index contributed by atoms with van der Waals surface area (Å²) >= 11 is 6.10. The van der Waals surface area contributed by atoms with Crippen LogP contribution in [0.3, 0.4) is 0 Å². The van der Waals surface area contributed by atoms with Crippen molar-refractivity contribution in [1.29, 1.82) is 0 Å². The van der Waals surface area contributed by atoms with Crippen LogP contribution in [0, 0.1) is 6.92 Å². The number of halogens is 1. The second kappa shape index (κ2) is 9.02. The van der Waals surface area contributed by atoms with Gasteiger partial charge in [-0.3, -0.25) is 4.79 Å². The fraction of sp³-hybridized carbons (Fsp3) is 0.125. The van der Waals surface area contributed by atoms with Crippen LogP contribution in [0.15, 0.2) is 73.2 Å². The minimum absolute atomic E-state index is 0.278. The Bertz CT molecular complexity index is 1240. The summed E-state index contributed by atoms with van der Waals surface area (Å²) in [6, 6.07) is 19.1. The maximum Gasteiger partial charge on any atom is 0.270 e. The molecule has 0 bridgehead atoms.